The molecular formula is C6H8Cl2. The van der Waals surface area contributed by atoms with E-state index < -0.39 is 0 Å². The van der Waals surface area contributed by atoms with E-state index in [0.717, 1.165) is 0 Å². The van der Waals surface area contributed by atoms with Crippen LogP contribution in [-0.2, 0) is 0 Å². The highest BCUT2D eigenvalue weighted by Crippen LogP contribution is 1.82. The number of rotatable bonds is 3. The highest BCUT2D eigenvalue weighted by atomic mass is 35.5. The first kappa shape index (κ1) is 8.06. The van der Waals surface area contributed by atoms with Gasteiger partial charge in [-0.05, 0) is 0 Å². The average Bonchev–Trinajstić information content (AvgIpc) is 1.81. The van der Waals surface area contributed by atoms with Crippen molar-refractivity contribution < 1.29 is 0 Å². The van der Waals surface area contributed by atoms with Crippen LogP contribution in [0, 0.1) is 0 Å². The molecule has 0 saturated carbocycles. The summed E-state index contributed by atoms with van der Waals surface area (Å²) in [5, 5.41) is 0. The molecular weight excluding hydrogens is 143 g/mol. The van der Waals surface area contributed by atoms with Crippen LogP contribution in [0.5, 0.6) is 0 Å². The van der Waals surface area contributed by atoms with Crippen molar-refractivity contribution in [1.29, 1.82) is 0 Å². The molecule has 0 rings (SSSR count). The molecule has 0 heterocycles. The molecule has 0 aromatic rings. The predicted molar refractivity (Wildman–Crippen MR) is 39.7 cm³/mol. The predicted octanol–water partition coefficient (Wildman–Crippen LogP) is 2.58. The second-order valence-corrected chi connectivity index (χ2v) is 1.78. The third-order valence-corrected chi connectivity index (χ3v) is 0.918. The van der Waals surface area contributed by atoms with Crippen molar-refractivity contribution in [3.8, 4) is 0 Å². The first-order valence-electron chi connectivity index (χ1n) is 2.35. The Balaban J connectivity index is 3.13. The van der Waals surface area contributed by atoms with Gasteiger partial charge in [-0.25, -0.2) is 0 Å². The Hall–Kier alpha value is 0.0600. The summed E-state index contributed by atoms with van der Waals surface area (Å²) in [6.07, 6.45) is 7.44. The van der Waals surface area contributed by atoms with Gasteiger partial charge in [0.05, 0.1) is 0 Å². The minimum atomic E-state index is 0.562. The van der Waals surface area contributed by atoms with E-state index in [-0.39, 0.29) is 0 Å². The SMILES string of the molecule is ClCC=CC=CCCl. The van der Waals surface area contributed by atoms with Gasteiger partial charge in [0.2, 0.25) is 0 Å². The maximum absolute atomic E-state index is 5.33. The summed E-state index contributed by atoms with van der Waals surface area (Å²) in [6.45, 7) is 0. The fourth-order valence-corrected chi connectivity index (χ4v) is 0.466. The zero-order valence-electron chi connectivity index (χ0n) is 4.48. The summed E-state index contributed by atoms with van der Waals surface area (Å²) in [7, 11) is 0. The number of alkyl halides is 2. The molecule has 0 unspecified atom stereocenters. The van der Waals surface area contributed by atoms with Crippen LogP contribution in [0.25, 0.3) is 0 Å². The van der Waals surface area contributed by atoms with Crippen LogP contribution in [0.3, 0.4) is 0 Å². The summed E-state index contributed by atoms with van der Waals surface area (Å²) in [6, 6.07) is 0. The van der Waals surface area contributed by atoms with Crippen molar-refractivity contribution in [2.75, 3.05) is 11.8 Å². The van der Waals surface area contributed by atoms with Crippen LogP contribution in [0.1, 0.15) is 0 Å². The molecule has 0 saturated heterocycles. The lowest BCUT2D eigenvalue weighted by atomic mass is 10.5. The minimum absolute atomic E-state index is 0.562. The van der Waals surface area contributed by atoms with E-state index >= 15 is 0 Å². The molecule has 8 heavy (non-hydrogen) atoms. The Morgan fingerprint density at radius 1 is 0.875 bits per heavy atom. The summed E-state index contributed by atoms with van der Waals surface area (Å²) >= 11 is 10.7. The van der Waals surface area contributed by atoms with Gasteiger partial charge < -0.3 is 0 Å². The van der Waals surface area contributed by atoms with Gasteiger partial charge in [0, 0.05) is 11.8 Å². The van der Waals surface area contributed by atoms with Crippen LogP contribution in [0.4, 0.5) is 0 Å². The Labute approximate surface area is 59.8 Å². The normalized spacial score (nSPS) is 11.8. The monoisotopic (exact) mass is 150 g/mol. The topological polar surface area (TPSA) is 0 Å². The first-order chi connectivity index (χ1) is 3.91. The quantitative estimate of drug-likeness (QED) is 0.429. The fraction of sp³-hybridized carbons (Fsp3) is 0.333. The summed E-state index contributed by atoms with van der Waals surface area (Å²) in [5.74, 6) is 1.12. The molecule has 0 aliphatic carbocycles. The van der Waals surface area contributed by atoms with Crippen molar-refractivity contribution in [3.05, 3.63) is 24.3 Å². The van der Waals surface area contributed by atoms with E-state index in [2.05, 4.69) is 0 Å². The average molecular weight is 151 g/mol. The van der Waals surface area contributed by atoms with Crippen LogP contribution >= 0.6 is 23.2 Å². The molecule has 0 spiro atoms. The summed E-state index contributed by atoms with van der Waals surface area (Å²) in [4.78, 5) is 0. The lowest BCUT2D eigenvalue weighted by Gasteiger charge is -1.72. The molecule has 0 aliphatic heterocycles. The lowest BCUT2D eigenvalue weighted by Crippen LogP contribution is -1.58. The van der Waals surface area contributed by atoms with E-state index in [1.54, 1.807) is 0 Å². The van der Waals surface area contributed by atoms with Gasteiger partial charge in [-0.1, -0.05) is 24.3 Å². The van der Waals surface area contributed by atoms with Gasteiger partial charge in [0.1, 0.15) is 0 Å². The molecule has 0 N–H and O–H groups in total. The fourth-order valence-electron chi connectivity index (χ4n) is 0.260. The zero-order chi connectivity index (χ0) is 6.24. The molecule has 0 fully saturated rings. The maximum Gasteiger partial charge on any atom is 0.0407 e. The Bertz CT molecular complexity index is 72.5. The first-order valence-corrected chi connectivity index (χ1v) is 3.42. The molecule has 0 aliphatic rings. The lowest BCUT2D eigenvalue weighted by molar-refractivity contribution is 1.69. The molecule has 46 valence electrons. The summed E-state index contributed by atoms with van der Waals surface area (Å²) < 4.78 is 0. The molecule has 0 amide bonds. The minimum Gasteiger partial charge on any atom is -0.122 e. The molecule has 0 atom stereocenters. The van der Waals surface area contributed by atoms with E-state index in [1.165, 1.54) is 0 Å². The molecule has 0 aromatic heterocycles. The van der Waals surface area contributed by atoms with Gasteiger partial charge >= 0.3 is 0 Å². The Kier molecular flexibility index (Phi) is 7.11. The third-order valence-electron chi connectivity index (χ3n) is 0.561. The Morgan fingerprint density at radius 2 is 1.25 bits per heavy atom. The highest BCUT2D eigenvalue weighted by Gasteiger charge is 1.64. The highest BCUT2D eigenvalue weighted by molar-refractivity contribution is 6.19. The van der Waals surface area contributed by atoms with E-state index in [9.17, 15) is 0 Å². The molecule has 0 bridgehead atoms. The van der Waals surface area contributed by atoms with Crippen LogP contribution in [0.2, 0.25) is 0 Å². The largest absolute Gasteiger partial charge is 0.122 e. The van der Waals surface area contributed by atoms with Gasteiger partial charge in [-0.15, -0.1) is 23.2 Å². The van der Waals surface area contributed by atoms with Gasteiger partial charge in [-0.2, -0.15) is 0 Å². The van der Waals surface area contributed by atoms with E-state index in [1.807, 2.05) is 24.3 Å². The number of hydrogen-bond donors (Lipinski definition) is 0. The maximum atomic E-state index is 5.33. The number of halogens is 2. The van der Waals surface area contributed by atoms with Crippen LogP contribution in [0.15, 0.2) is 24.3 Å². The molecule has 2 heteroatoms. The second kappa shape index (κ2) is 7.06. The van der Waals surface area contributed by atoms with Crippen LogP contribution < -0.4 is 0 Å². The number of allylic oxidation sites excluding steroid dienone is 4. The van der Waals surface area contributed by atoms with E-state index in [0.29, 0.717) is 11.8 Å². The second-order valence-electron chi connectivity index (χ2n) is 1.16. The van der Waals surface area contributed by atoms with Gasteiger partial charge in [0.25, 0.3) is 0 Å². The van der Waals surface area contributed by atoms with Crippen molar-refractivity contribution >= 4 is 23.2 Å². The number of hydrogen-bond acceptors (Lipinski definition) is 0. The summed E-state index contributed by atoms with van der Waals surface area (Å²) in [5.41, 5.74) is 0. The van der Waals surface area contributed by atoms with Crippen molar-refractivity contribution in [3.63, 3.8) is 0 Å². The Morgan fingerprint density at radius 3 is 1.50 bits per heavy atom. The van der Waals surface area contributed by atoms with Crippen molar-refractivity contribution in [1.82, 2.24) is 0 Å². The van der Waals surface area contributed by atoms with Crippen molar-refractivity contribution in [2.45, 2.75) is 0 Å². The van der Waals surface area contributed by atoms with E-state index in [4.69, 9.17) is 23.2 Å². The zero-order valence-corrected chi connectivity index (χ0v) is 5.99. The van der Waals surface area contributed by atoms with Crippen LogP contribution in [-0.4, -0.2) is 11.8 Å². The molecule has 0 radical (unpaired) electrons. The molecule has 0 nitrogen and oxygen atoms in total. The van der Waals surface area contributed by atoms with Gasteiger partial charge in [-0.3, -0.25) is 0 Å². The third kappa shape index (κ3) is 6.06. The standard InChI is InChI=1S/C6H8Cl2/c7-5-3-1-2-4-6-8/h1-4H,5-6H2. The van der Waals surface area contributed by atoms with Gasteiger partial charge in [0.15, 0.2) is 0 Å². The smallest absolute Gasteiger partial charge is 0.0407 e. The molecule has 0 aromatic carbocycles. The van der Waals surface area contributed by atoms with Crippen molar-refractivity contribution in [2.24, 2.45) is 0 Å².